The Hall–Kier alpha value is -5.30. The largest absolute Gasteiger partial charge is 0.496 e. The molecule has 2 aliphatic heterocycles. The van der Waals surface area contributed by atoms with Crippen LogP contribution in [0.2, 0.25) is 0 Å². The molecule has 54 heavy (non-hydrogen) atoms. The van der Waals surface area contributed by atoms with E-state index in [0.29, 0.717) is 18.2 Å². The molecule has 4 aromatic rings. The summed E-state index contributed by atoms with van der Waals surface area (Å²) in [6, 6.07) is 2.03. The molecule has 1 amide bonds. The average Bonchev–Trinajstić information content (AvgIpc) is 3.34. The molecule has 2 saturated heterocycles. The maximum Gasteiger partial charge on any atom is 0.416 e. The number of alkyl halides is 11. The Bertz CT molecular complexity index is 2080. The second kappa shape index (κ2) is 13.2. The van der Waals surface area contributed by atoms with Crippen LogP contribution in [0.5, 0.6) is 5.75 Å². The van der Waals surface area contributed by atoms with Crippen molar-refractivity contribution in [1.29, 1.82) is 0 Å². The highest BCUT2D eigenvalue weighted by Crippen LogP contribution is 2.44. The van der Waals surface area contributed by atoms with Gasteiger partial charge < -0.3 is 14.4 Å². The Kier molecular flexibility index (Phi) is 9.41. The van der Waals surface area contributed by atoms with E-state index in [1.165, 1.54) is 6.92 Å². The normalized spacial score (nSPS) is 18.8. The molecule has 4 heterocycles. The molecular formula is C34H25F12N5O3. The number of cyclic esters (lactones) is 1. The lowest BCUT2D eigenvalue weighted by atomic mass is 9.96. The lowest BCUT2D eigenvalue weighted by Crippen LogP contribution is -2.57. The van der Waals surface area contributed by atoms with Crippen LogP contribution in [0.15, 0.2) is 48.8 Å². The summed E-state index contributed by atoms with van der Waals surface area (Å²) in [5.74, 6) is -4.62. The van der Waals surface area contributed by atoms with Gasteiger partial charge in [0.2, 0.25) is 5.95 Å². The molecule has 0 saturated carbocycles. The molecule has 6 rings (SSSR count). The standard InChI is InChI=1S/C34H25F12N5O3/c1-15-10-47-25(8-23(15)34(44,45)46)21-7-20(27(53-3)9-24(21)35)22-11-48-29(50-13-31(36,37)14-50)49-26(22)12-51-16(2)28(54-30(51)52)17-4-18(32(38,39)40)6-19(5-17)33(41,42)43/h4-11,16,28H,12-14H2,1-3H3/t16-,28-/m0/s1. The molecule has 0 aliphatic carbocycles. The maximum atomic E-state index is 15.5. The van der Waals surface area contributed by atoms with Crippen LogP contribution in [-0.2, 0) is 29.8 Å². The van der Waals surface area contributed by atoms with Gasteiger partial charge in [0.15, 0.2) is 0 Å². The van der Waals surface area contributed by atoms with Crippen molar-refractivity contribution in [1.82, 2.24) is 19.9 Å². The topological polar surface area (TPSA) is 80.7 Å². The number of carbonyl (C=O) groups excluding carboxylic acids is 1. The Balaban J connectivity index is 1.44. The van der Waals surface area contributed by atoms with Crippen molar-refractivity contribution in [3.63, 3.8) is 0 Å². The van der Waals surface area contributed by atoms with E-state index in [-0.39, 0.29) is 40.1 Å². The SMILES string of the molecule is COc1cc(F)c(-c2cc(C(F)(F)F)c(C)cn2)cc1-c1cnc(N2CC(F)(F)C2)nc1CN1C(=O)O[C@H](c2cc(C(F)(F)F)cc(C(F)(F)F)c2)[C@@H]1C. The van der Waals surface area contributed by atoms with Crippen LogP contribution in [0.1, 0.15) is 46.5 Å². The zero-order chi connectivity index (χ0) is 39.7. The average molecular weight is 780 g/mol. The summed E-state index contributed by atoms with van der Waals surface area (Å²) in [4.78, 5) is 27.6. The van der Waals surface area contributed by atoms with E-state index >= 15 is 4.39 Å². The van der Waals surface area contributed by atoms with Crippen molar-refractivity contribution in [2.24, 2.45) is 0 Å². The minimum Gasteiger partial charge on any atom is -0.496 e. The van der Waals surface area contributed by atoms with Crippen molar-refractivity contribution in [2.45, 2.75) is 57.0 Å². The first-order chi connectivity index (χ1) is 25.0. The predicted octanol–water partition coefficient (Wildman–Crippen LogP) is 9.26. The van der Waals surface area contributed by atoms with Gasteiger partial charge in [0.1, 0.15) is 17.7 Å². The number of halogens is 12. The third-order valence-corrected chi connectivity index (χ3v) is 8.90. The van der Waals surface area contributed by atoms with E-state index in [4.69, 9.17) is 9.47 Å². The molecular weight excluding hydrogens is 754 g/mol. The lowest BCUT2D eigenvalue weighted by Gasteiger charge is -2.38. The molecule has 0 spiro atoms. The predicted molar refractivity (Wildman–Crippen MR) is 165 cm³/mol. The van der Waals surface area contributed by atoms with Crippen LogP contribution in [0.3, 0.4) is 0 Å². The summed E-state index contributed by atoms with van der Waals surface area (Å²) in [7, 11) is 1.13. The zero-order valence-electron chi connectivity index (χ0n) is 27.9. The smallest absolute Gasteiger partial charge is 0.416 e. The number of carbonyl (C=O) groups is 1. The number of amides is 1. The van der Waals surface area contributed by atoms with Crippen LogP contribution in [0.4, 0.5) is 63.4 Å². The van der Waals surface area contributed by atoms with E-state index in [1.54, 1.807) is 0 Å². The summed E-state index contributed by atoms with van der Waals surface area (Å²) >= 11 is 0. The highest BCUT2D eigenvalue weighted by atomic mass is 19.4. The van der Waals surface area contributed by atoms with E-state index in [9.17, 15) is 53.1 Å². The number of benzene rings is 2. The number of anilines is 1. The van der Waals surface area contributed by atoms with Gasteiger partial charge in [0, 0.05) is 35.2 Å². The molecule has 0 unspecified atom stereocenters. The number of methoxy groups -OCH3 is 1. The van der Waals surface area contributed by atoms with Gasteiger partial charge in [0.25, 0.3) is 5.92 Å². The summed E-state index contributed by atoms with van der Waals surface area (Å²) < 4.78 is 177. The first-order valence-electron chi connectivity index (χ1n) is 15.6. The number of pyridine rings is 1. The fourth-order valence-electron chi connectivity index (χ4n) is 6.13. The second-order valence-corrected chi connectivity index (χ2v) is 12.7. The van der Waals surface area contributed by atoms with Gasteiger partial charge in [-0.3, -0.25) is 9.88 Å². The number of nitrogens with zero attached hydrogens (tertiary/aromatic N) is 5. The maximum absolute atomic E-state index is 15.5. The van der Waals surface area contributed by atoms with Crippen LogP contribution < -0.4 is 9.64 Å². The molecule has 0 bridgehead atoms. The van der Waals surface area contributed by atoms with Gasteiger partial charge >= 0.3 is 24.6 Å². The summed E-state index contributed by atoms with van der Waals surface area (Å²) in [6.45, 7) is 0.230. The molecule has 20 heteroatoms. The molecule has 8 nitrogen and oxygen atoms in total. The quantitative estimate of drug-likeness (QED) is 0.173. The number of aromatic nitrogens is 3. The first-order valence-corrected chi connectivity index (χ1v) is 15.6. The number of aryl methyl sites for hydroxylation is 1. The third kappa shape index (κ3) is 7.41. The van der Waals surface area contributed by atoms with E-state index < -0.39 is 102 Å². The fraction of sp³-hybridized carbons (Fsp3) is 0.353. The summed E-state index contributed by atoms with van der Waals surface area (Å²) in [5.41, 5.74) is -6.41. The van der Waals surface area contributed by atoms with Crippen LogP contribution >= 0.6 is 0 Å². The number of hydrogen-bond donors (Lipinski definition) is 0. The van der Waals surface area contributed by atoms with Crippen LogP contribution in [-0.4, -0.2) is 58.1 Å². The van der Waals surface area contributed by atoms with E-state index in [2.05, 4.69) is 15.0 Å². The van der Waals surface area contributed by atoms with Crippen LogP contribution in [0.25, 0.3) is 22.4 Å². The monoisotopic (exact) mass is 779 g/mol. The zero-order valence-corrected chi connectivity index (χ0v) is 27.9. The number of ether oxygens (including phenoxy) is 2. The lowest BCUT2D eigenvalue weighted by molar-refractivity contribution is -0.143. The molecule has 2 aliphatic rings. The molecule has 2 fully saturated rings. The molecule has 2 atom stereocenters. The van der Waals surface area contributed by atoms with Gasteiger partial charge in [0.05, 0.1) is 60.9 Å². The number of hydrogen-bond acceptors (Lipinski definition) is 7. The molecule has 0 radical (unpaired) electrons. The van der Waals surface area contributed by atoms with Crippen molar-refractivity contribution < 1.29 is 67.0 Å². The van der Waals surface area contributed by atoms with Crippen molar-refractivity contribution >= 4 is 12.0 Å². The van der Waals surface area contributed by atoms with Crippen molar-refractivity contribution in [2.75, 3.05) is 25.1 Å². The molecule has 0 N–H and O–H groups in total. The summed E-state index contributed by atoms with van der Waals surface area (Å²) in [5, 5.41) is 0. The third-order valence-electron chi connectivity index (χ3n) is 8.90. The summed E-state index contributed by atoms with van der Waals surface area (Å²) in [6.07, 6.45) is -16.1. The van der Waals surface area contributed by atoms with Crippen molar-refractivity contribution in [3.8, 4) is 28.1 Å². The van der Waals surface area contributed by atoms with Crippen molar-refractivity contribution in [3.05, 3.63) is 88.1 Å². The fourth-order valence-corrected chi connectivity index (χ4v) is 6.13. The second-order valence-electron chi connectivity index (χ2n) is 12.7. The van der Waals surface area contributed by atoms with Gasteiger partial charge in [-0.15, -0.1) is 0 Å². The Labute approximate surface area is 297 Å². The number of rotatable bonds is 7. The molecule has 2 aromatic carbocycles. The highest BCUT2D eigenvalue weighted by molar-refractivity contribution is 5.79. The first kappa shape index (κ1) is 38.4. The Morgan fingerprint density at radius 2 is 1.48 bits per heavy atom. The van der Waals surface area contributed by atoms with Gasteiger partial charge in [-0.1, -0.05) is 0 Å². The Morgan fingerprint density at radius 3 is 2.04 bits per heavy atom. The van der Waals surface area contributed by atoms with E-state index in [1.807, 2.05) is 0 Å². The van der Waals surface area contributed by atoms with Gasteiger partial charge in [-0.2, -0.15) is 39.5 Å². The Morgan fingerprint density at radius 1 is 0.852 bits per heavy atom. The van der Waals surface area contributed by atoms with Gasteiger partial charge in [-0.05, 0) is 55.3 Å². The van der Waals surface area contributed by atoms with Gasteiger partial charge in [-0.25, -0.2) is 27.9 Å². The minimum atomic E-state index is -5.20. The molecule has 2 aromatic heterocycles. The van der Waals surface area contributed by atoms with Crippen LogP contribution in [0, 0.1) is 12.7 Å². The molecule has 288 valence electrons. The highest BCUT2D eigenvalue weighted by Gasteiger charge is 2.46. The van der Waals surface area contributed by atoms with E-state index in [0.717, 1.165) is 48.4 Å². The minimum absolute atomic E-state index is 0.0610.